The van der Waals surface area contributed by atoms with Gasteiger partial charge in [-0.2, -0.15) is 20.0 Å². The van der Waals surface area contributed by atoms with Crippen molar-refractivity contribution in [3.8, 4) is 5.69 Å². The predicted octanol–water partition coefficient (Wildman–Crippen LogP) is 4.72. The Morgan fingerprint density at radius 3 is 2.88 bits per heavy atom. The van der Waals surface area contributed by atoms with Crippen LogP contribution in [0.1, 0.15) is 35.7 Å². The number of benzene rings is 2. The number of aromatic nitrogens is 4. The Hall–Kier alpha value is -3.39. The van der Waals surface area contributed by atoms with Crippen LogP contribution in [0.3, 0.4) is 0 Å². The van der Waals surface area contributed by atoms with Gasteiger partial charge in [-0.05, 0) is 55.5 Å². The standard InChI is InChI=1S/C24H25ClN6O2/c1-15-6-4-12-30(20(15)14-26-24-29-18-13-17(25)8-9-21(18)33-24)23(32)22-16(2)5-3-7-19(22)31-27-10-11-28-31/h3,5,7-11,13,15,20H,4,6,12,14H2,1-2H3,(H,26,29)/t15-,20-/m1/s1. The second-order valence-electron chi connectivity index (χ2n) is 8.48. The third-order valence-corrected chi connectivity index (χ3v) is 6.52. The van der Waals surface area contributed by atoms with Gasteiger partial charge in [0.05, 0.1) is 29.7 Å². The fraction of sp³-hybridized carbons (Fsp3) is 0.333. The van der Waals surface area contributed by atoms with Crippen LogP contribution in [-0.2, 0) is 0 Å². The first-order valence-corrected chi connectivity index (χ1v) is 11.5. The first-order chi connectivity index (χ1) is 16.0. The summed E-state index contributed by atoms with van der Waals surface area (Å²) in [6.07, 6.45) is 5.24. The molecular formula is C24H25ClN6O2. The molecule has 4 aromatic rings. The fourth-order valence-electron chi connectivity index (χ4n) is 4.56. The summed E-state index contributed by atoms with van der Waals surface area (Å²) in [7, 11) is 0. The van der Waals surface area contributed by atoms with Gasteiger partial charge >= 0.3 is 0 Å². The minimum Gasteiger partial charge on any atom is -0.424 e. The SMILES string of the molecule is Cc1cccc(-n2nccn2)c1C(=O)N1CCC[C@@H](C)[C@H]1CNc1nc2cc(Cl)ccc2o1. The van der Waals surface area contributed by atoms with Crippen molar-refractivity contribution >= 4 is 34.6 Å². The summed E-state index contributed by atoms with van der Waals surface area (Å²) in [5, 5.41) is 12.4. The molecule has 2 atom stereocenters. The van der Waals surface area contributed by atoms with Gasteiger partial charge in [-0.1, -0.05) is 30.7 Å². The van der Waals surface area contributed by atoms with Crippen molar-refractivity contribution in [3.05, 3.63) is 64.9 Å². The summed E-state index contributed by atoms with van der Waals surface area (Å²) in [5.74, 6) is 0.312. The number of halogens is 1. The van der Waals surface area contributed by atoms with Gasteiger partial charge in [0, 0.05) is 18.1 Å². The van der Waals surface area contributed by atoms with Crippen molar-refractivity contribution in [1.82, 2.24) is 24.9 Å². The third-order valence-electron chi connectivity index (χ3n) is 6.29. The number of carbonyl (C=O) groups is 1. The zero-order valence-corrected chi connectivity index (χ0v) is 19.3. The molecule has 1 aliphatic rings. The zero-order valence-electron chi connectivity index (χ0n) is 18.5. The highest BCUT2D eigenvalue weighted by molar-refractivity contribution is 6.31. The second kappa shape index (κ2) is 8.86. The van der Waals surface area contributed by atoms with Gasteiger partial charge in [-0.3, -0.25) is 4.79 Å². The summed E-state index contributed by atoms with van der Waals surface area (Å²) in [4.78, 5) is 21.8. The Bertz CT molecular complexity index is 1290. The van der Waals surface area contributed by atoms with E-state index in [9.17, 15) is 4.79 Å². The second-order valence-corrected chi connectivity index (χ2v) is 8.92. The van der Waals surface area contributed by atoms with Crippen molar-refractivity contribution in [2.75, 3.05) is 18.4 Å². The molecule has 0 unspecified atom stereocenters. The van der Waals surface area contributed by atoms with E-state index in [1.165, 1.54) is 4.80 Å². The molecule has 9 heteroatoms. The van der Waals surface area contributed by atoms with Gasteiger partial charge in [-0.15, -0.1) is 0 Å². The number of hydrogen-bond acceptors (Lipinski definition) is 6. The molecule has 1 amide bonds. The lowest BCUT2D eigenvalue weighted by atomic mass is 9.89. The number of amides is 1. The van der Waals surface area contributed by atoms with Gasteiger partial charge in [0.2, 0.25) is 0 Å². The molecule has 1 aliphatic heterocycles. The monoisotopic (exact) mass is 464 g/mol. The number of hydrogen-bond donors (Lipinski definition) is 1. The number of likely N-dealkylation sites (tertiary alicyclic amines) is 1. The van der Waals surface area contributed by atoms with Crippen molar-refractivity contribution in [2.45, 2.75) is 32.7 Å². The molecule has 1 fully saturated rings. The summed E-state index contributed by atoms with van der Waals surface area (Å²) in [6.45, 7) is 5.36. The predicted molar refractivity (Wildman–Crippen MR) is 127 cm³/mol. The average molecular weight is 465 g/mol. The van der Waals surface area contributed by atoms with E-state index in [1.807, 2.05) is 30.0 Å². The molecule has 0 aliphatic carbocycles. The van der Waals surface area contributed by atoms with Gasteiger partial charge in [0.15, 0.2) is 5.58 Å². The smallest absolute Gasteiger partial charge is 0.295 e. The van der Waals surface area contributed by atoms with E-state index in [0.29, 0.717) is 52.4 Å². The largest absolute Gasteiger partial charge is 0.424 e. The normalized spacial score (nSPS) is 18.6. The highest BCUT2D eigenvalue weighted by Gasteiger charge is 2.34. The Kier molecular flexibility index (Phi) is 5.76. The van der Waals surface area contributed by atoms with E-state index in [2.05, 4.69) is 27.4 Å². The van der Waals surface area contributed by atoms with E-state index in [1.54, 1.807) is 30.6 Å². The maximum Gasteiger partial charge on any atom is 0.295 e. The number of carbonyl (C=O) groups excluding carboxylic acids is 1. The fourth-order valence-corrected chi connectivity index (χ4v) is 4.73. The highest BCUT2D eigenvalue weighted by atomic mass is 35.5. The number of fused-ring (bicyclic) bond motifs is 1. The average Bonchev–Trinajstić information content (AvgIpc) is 3.47. The van der Waals surface area contributed by atoms with Crippen LogP contribution in [0.2, 0.25) is 5.02 Å². The molecule has 5 rings (SSSR count). The molecule has 2 aromatic heterocycles. The maximum absolute atomic E-state index is 13.9. The number of oxazole rings is 1. The lowest BCUT2D eigenvalue weighted by molar-refractivity contribution is 0.0538. The first-order valence-electron chi connectivity index (χ1n) is 11.1. The Morgan fingerprint density at radius 2 is 2.06 bits per heavy atom. The van der Waals surface area contributed by atoms with Crippen LogP contribution in [-0.4, -0.2) is 49.9 Å². The molecule has 1 saturated heterocycles. The van der Waals surface area contributed by atoms with Crippen molar-refractivity contribution < 1.29 is 9.21 Å². The van der Waals surface area contributed by atoms with Crippen LogP contribution in [0, 0.1) is 12.8 Å². The van der Waals surface area contributed by atoms with Crippen LogP contribution in [0.15, 0.2) is 53.2 Å². The molecule has 3 heterocycles. The van der Waals surface area contributed by atoms with Crippen LogP contribution >= 0.6 is 11.6 Å². The highest BCUT2D eigenvalue weighted by Crippen LogP contribution is 2.29. The number of piperidine rings is 1. The molecular weight excluding hydrogens is 440 g/mol. The molecule has 8 nitrogen and oxygen atoms in total. The zero-order chi connectivity index (χ0) is 22.9. The van der Waals surface area contributed by atoms with Crippen molar-refractivity contribution in [3.63, 3.8) is 0 Å². The number of nitrogens with zero attached hydrogens (tertiary/aromatic N) is 5. The van der Waals surface area contributed by atoms with Crippen LogP contribution in [0.5, 0.6) is 0 Å². The number of aryl methyl sites for hydroxylation is 1. The molecule has 0 spiro atoms. The van der Waals surface area contributed by atoms with Crippen molar-refractivity contribution in [2.24, 2.45) is 5.92 Å². The number of nitrogens with one attached hydrogen (secondary N) is 1. The minimum atomic E-state index is -0.0112. The van der Waals surface area contributed by atoms with Crippen LogP contribution < -0.4 is 5.32 Å². The van der Waals surface area contributed by atoms with Crippen LogP contribution in [0.25, 0.3) is 16.8 Å². The lowest BCUT2D eigenvalue weighted by Crippen LogP contribution is -2.51. The van der Waals surface area contributed by atoms with Crippen molar-refractivity contribution in [1.29, 1.82) is 0 Å². The Balaban J connectivity index is 1.41. The Labute approximate surface area is 196 Å². The van der Waals surface area contributed by atoms with Gasteiger partial charge in [0.25, 0.3) is 11.9 Å². The van der Waals surface area contributed by atoms with E-state index >= 15 is 0 Å². The van der Waals surface area contributed by atoms with E-state index in [4.69, 9.17) is 16.0 Å². The van der Waals surface area contributed by atoms with E-state index in [-0.39, 0.29) is 11.9 Å². The van der Waals surface area contributed by atoms with Gasteiger partial charge < -0.3 is 14.6 Å². The van der Waals surface area contributed by atoms with Crippen LogP contribution in [0.4, 0.5) is 6.01 Å². The molecule has 0 saturated carbocycles. The third kappa shape index (κ3) is 4.18. The quantitative estimate of drug-likeness (QED) is 0.459. The summed E-state index contributed by atoms with van der Waals surface area (Å²) < 4.78 is 5.81. The van der Waals surface area contributed by atoms with E-state index in [0.717, 1.165) is 18.4 Å². The maximum atomic E-state index is 13.9. The summed E-state index contributed by atoms with van der Waals surface area (Å²) in [6, 6.07) is 11.5. The topological polar surface area (TPSA) is 89.1 Å². The molecule has 0 radical (unpaired) electrons. The number of rotatable bonds is 5. The first kappa shape index (κ1) is 21.5. The number of anilines is 1. The van der Waals surface area contributed by atoms with Gasteiger partial charge in [0.1, 0.15) is 5.52 Å². The molecule has 1 N–H and O–H groups in total. The molecule has 2 aromatic carbocycles. The van der Waals surface area contributed by atoms with Gasteiger partial charge in [-0.25, -0.2) is 0 Å². The molecule has 33 heavy (non-hydrogen) atoms. The lowest BCUT2D eigenvalue weighted by Gasteiger charge is -2.40. The van der Waals surface area contributed by atoms with E-state index < -0.39 is 0 Å². The summed E-state index contributed by atoms with van der Waals surface area (Å²) >= 11 is 6.06. The minimum absolute atomic E-state index is 0.0110. The Morgan fingerprint density at radius 1 is 1.24 bits per heavy atom. The summed E-state index contributed by atoms with van der Waals surface area (Å²) in [5.41, 5.74) is 3.58. The molecule has 170 valence electrons. The molecule has 0 bridgehead atoms.